The molecule has 0 spiro atoms. The SMILES string of the molecule is Nc1nnc(SCCOc2ccccc2)n1C1CC1. The highest BCUT2D eigenvalue weighted by Gasteiger charge is 2.28. The highest BCUT2D eigenvalue weighted by molar-refractivity contribution is 7.99. The van der Waals surface area contributed by atoms with E-state index < -0.39 is 0 Å². The molecule has 1 aromatic carbocycles. The van der Waals surface area contributed by atoms with Crippen LogP contribution in [-0.2, 0) is 0 Å². The summed E-state index contributed by atoms with van der Waals surface area (Å²) in [5.41, 5.74) is 5.82. The molecule has 6 heteroatoms. The zero-order valence-electron chi connectivity index (χ0n) is 10.5. The smallest absolute Gasteiger partial charge is 0.222 e. The number of nitrogens with two attached hydrogens (primary N) is 1. The number of para-hydroxylation sites is 1. The Hall–Kier alpha value is -1.69. The summed E-state index contributed by atoms with van der Waals surface area (Å²) < 4.78 is 7.68. The molecule has 0 amide bonds. The summed E-state index contributed by atoms with van der Waals surface area (Å²) in [6.07, 6.45) is 2.35. The molecule has 1 aliphatic carbocycles. The number of benzene rings is 1. The summed E-state index contributed by atoms with van der Waals surface area (Å²) >= 11 is 1.64. The Kier molecular flexibility index (Phi) is 3.59. The molecule has 1 aromatic heterocycles. The molecule has 0 unspecified atom stereocenters. The zero-order chi connectivity index (χ0) is 13.1. The quantitative estimate of drug-likeness (QED) is 0.648. The first-order chi connectivity index (χ1) is 9.34. The van der Waals surface area contributed by atoms with Gasteiger partial charge in [0.05, 0.1) is 6.61 Å². The van der Waals surface area contributed by atoms with Crippen molar-refractivity contribution >= 4 is 17.7 Å². The molecule has 2 aromatic rings. The van der Waals surface area contributed by atoms with E-state index in [0.29, 0.717) is 18.6 Å². The molecule has 19 heavy (non-hydrogen) atoms. The van der Waals surface area contributed by atoms with E-state index in [9.17, 15) is 0 Å². The maximum Gasteiger partial charge on any atom is 0.222 e. The minimum Gasteiger partial charge on any atom is -0.493 e. The summed E-state index contributed by atoms with van der Waals surface area (Å²) in [6.45, 7) is 0.645. The minimum absolute atomic E-state index is 0.507. The van der Waals surface area contributed by atoms with Crippen LogP contribution in [-0.4, -0.2) is 27.1 Å². The van der Waals surface area contributed by atoms with Crippen LogP contribution in [0.1, 0.15) is 18.9 Å². The fourth-order valence-corrected chi connectivity index (χ4v) is 2.70. The van der Waals surface area contributed by atoms with Crippen LogP contribution < -0.4 is 10.5 Å². The van der Waals surface area contributed by atoms with Crippen molar-refractivity contribution in [3.8, 4) is 5.75 Å². The Balaban J connectivity index is 1.50. The molecule has 5 nitrogen and oxygen atoms in total. The largest absolute Gasteiger partial charge is 0.493 e. The Morgan fingerprint density at radius 1 is 1.26 bits per heavy atom. The summed E-state index contributed by atoms with van der Waals surface area (Å²) in [7, 11) is 0. The average Bonchev–Trinajstić information content (AvgIpc) is 3.20. The summed E-state index contributed by atoms with van der Waals surface area (Å²) in [4.78, 5) is 0. The van der Waals surface area contributed by atoms with Crippen LogP contribution in [0.2, 0.25) is 0 Å². The third-order valence-corrected chi connectivity index (χ3v) is 3.84. The summed E-state index contributed by atoms with van der Waals surface area (Å²) in [5, 5.41) is 8.96. The lowest BCUT2D eigenvalue weighted by molar-refractivity contribution is 0.344. The first-order valence-electron chi connectivity index (χ1n) is 6.35. The molecule has 0 atom stereocenters. The number of aromatic nitrogens is 3. The van der Waals surface area contributed by atoms with Crippen LogP contribution in [0.3, 0.4) is 0 Å². The van der Waals surface area contributed by atoms with Crippen molar-refractivity contribution in [2.24, 2.45) is 0 Å². The highest BCUT2D eigenvalue weighted by Crippen LogP contribution is 2.39. The Morgan fingerprint density at radius 3 is 2.79 bits per heavy atom. The number of nitrogen functional groups attached to an aromatic ring is 1. The van der Waals surface area contributed by atoms with E-state index in [-0.39, 0.29) is 0 Å². The van der Waals surface area contributed by atoms with Gasteiger partial charge in [0.25, 0.3) is 0 Å². The van der Waals surface area contributed by atoms with E-state index in [1.54, 1.807) is 11.8 Å². The van der Waals surface area contributed by atoms with Crippen LogP contribution in [0, 0.1) is 0 Å². The van der Waals surface area contributed by atoms with Crippen molar-refractivity contribution in [3.63, 3.8) is 0 Å². The minimum atomic E-state index is 0.507. The number of hydrogen-bond donors (Lipinski definition) is 1. The molecule has 1 aliphatic rings. The molecule has 3 rings (SSSR count). The van der Waals surface area contributed by atoms with Gasteiger partial charge in [0.15, 0.2) is 5.16 Å². The molecule has 100 valence electrons. The van der Waals surface area contributed by atoms with Gasteiger partial charge in [0, 0.05) is 11.8 Å². The predicted molar refractivity (Wildman–Crippen MR) is 75.4 cm³/mol. The van der Waals surface area contributed by atoms with Gasteiger partial charge in [-0.1, -0.05) is 30.0 Å². The molecular formula is C13H16N4OS. The van der Waals surface area contributed by atoms with Gasteiger partial charge in [-0.15, -0.1) is 10.2 Å². The first-order valence-corrected chi connectivity index (χ1v) is 7.34. The Bertz CT molecular complexity index is 539. The number of thioether (sulfide) groups is 1. The number of nitrogens with zero attached hydrogens (tertiary/aromatic N) is 3. The third-order valence-electron chi connectivity index (χ3n) is 2.93. The second-order valence-corrected chi connectivity index (χ2v) is 5.51. The van der Waals surface area contributed by atoms with E-state index >= 15 is 0 Å². The Morgan fingerprint density at radius 2 is 2.05 bits per heavy atom. The zero-order valence-corrected chi connectivity index (χ0v) is 11.3. The monoisotopic (exact) mass is 276 g/mol. The topological polar surface area (TPSA) is 66.0 Å². The fraction of sp³-hybridized carbons (Fsp3) is 0.385. The highest BCUT2D eigenvalue weighted by atomic mass is 32.2. The molecule has 2 N–H and O–H groups in total. The number of rotatable bonds is 6. The lowest BCUT2D eigenvalue weighted by Crippen LogP contribution is -2.04. The van der Waals surface area contributed by atoms with Crippen LogP contribution in [0.5, 0.6) is 5.75 Å². The second-order valence-electron chi connectivity index (χ2n) is 4.45. The molecular weight excluding hydrogens is 260 g/mol. The average molecular weight is 276 g/mol. The summed E-state index contributed by atoms with van der Waals surface area (Å²) in [5.74, 6) is 2.25. The van der Waals surface area contributed by atoms with Gasteiger partial charge < -0.3 is 10.5 Å². The number of anilines is 1. The molecule has 1 heterocycles. The van der Waals surface area contributed by atoms with Crippen molar-refractivity contribution in [3.05, 3.63) is 30.3 Å². The van der Waals surface area contributed by atoms with E-state index in [4.69, 9.17) is 10.5 Å². The van der Waals surface area contributed by atoms with Crippen molar-refractivity contribution in [1.82, 2.24) is 14.8 Å². The second kappa shape index (κ2) is 5.52. The van der Waals surface area contributed by atoms with Crippen LogP contribution in [0.4, 0.5) is 5.95 Å². The van der Waals surface area contributed by atoms with E-state index in [1.807, 2.05) is 34.9 Å². The number of ether oxygens (including phenoxy) is 1. The van der Waals surface area contributed by atoms with E-state index in [2.05, 4.69) is 10.2 Å². The lowest BCUT2D eigenvalue weighted by atomic mass is 10.3. The van der Waals surface area contributed by atoms with Gasteiger partial charge >= 0.3 is 0 Å². The van der Waals surface area contributed by atoms with Crippen molar-refractivity contribution in [2.75, 3.05) is 18.1 Å². The van der Waals surface area contributed by atoms with E-state index in [1.165, 1.54) is 12.8 Å². The Labute approximate surface area is 116 Å². The van der Waals surface area contributed by atoms with Crippen molar-refractivity contribution in [1.29, 1.82) is 0 Å². The van der Waals surface area contributed by atoms with Crippen LogP contribution in [0.25, 0.3) is 0 Å². The predicted octanol–water partition coefficient (Wildman–Crippen LogP) is 2.37. The molecule has 1 saturated carbocycles. The maximum atomic E-state index is 5.82. The van der Waals surface area contributed by atoms with Gasteiger partial charge in [-0.05, 0) is 25.0 Å². The van der Waals surface area contributed by atoms with Crippen molar-refractivity contribution < 1.29 is 4.74 Å². The molecule has 0 saturated heterocycles. The third kappa shape index (κ3) is 3.01. The van der Waals surface area contributed by atoms with Gasteiger partial charge in [-0.25, -0.2) is 0 Å². The molecule has 1 fully saturated rings. The van der Waals surface area contributed by atoms with Gasteiger partial charge in [0.1, 0.15) is 5.75 Å². The lowest BCUT2D eigenvalue weighted by Gasteiger charge is -2.07. The number of hydrogen-bond acceptors (Lipinski definition) is 5. The van der Waals surface area contributed by atoms with Crippen LogP contribution in [0.15, 0.2) is 35.5 Å². The maximum absolute atomic E-state index is 5.82. The normalized spacial score (nSPS) is 14.5. The molecule has 0 radical (unpaired) electrons. The standard InChI is InChI=1S/C13H16N4OS/c14-12-15-16-13(17(12)10-6-7-10)19-9-8-18-11-4-2-1-3-5-11/h1-5,10H,6-9H2,(H2,14,15). The van der Waals surface area contributed by atoms with E-state index in [0.717, 1.165) is 16.7 Å². The fourth-order valence-electron chi connectivity index (χ4n) is 1.87. The molecule has 0 aliphatic heterocycles. The first kappa shape index (κ1) is 12.3. The van der Waals surface area contributed by atoms with Crippen molar-refractivity contribution in [2.45, 2.75) is 24.0 Å². The molecule has 0 bridgehead atoms. The van der Waals surface area contributed by atoms with Gasteiger partial charge in [-0.3, -0.25) is 4.57 Å². The summed E-state index contributed by atoms with van der Waals surface area (Å²) in [6, 6.07) is 10.3. The van der Waals surface area contributed by atoms with Gasteiger partial charge in [-0.2, -0.15) is 0 Å². The van der Waals surface area contributed by atoms with Crippen LogP contribution >= 0.6 is 11.8 Å². The van der Waals surface area contributed by atoms with Gasteiger partial charge in [0.2, 0.25) is 5.95 Å².